The largest absolute Gasteiger partial charge is 0.475 e. The number of rotatable bonds is 11. The van der Waals surface area contributed by atoms with Crippen LogP contribution in [0.25, 0.3) is 5.69 Å². The van der Waals surface area contributed by atoms with E-state index >= 15 is 0 Å². The number of nitrogens with one attached hydrogen (secondary N) is 3. The van der Waals surface area contributed by atoms with Gasteiger partial charge in [0.1, 0.15) is 12.4 Å². The monoisotopic (exact) mass is 632 g/mol. The van der Waals surface area contributed by atoms with Gasteiger partial charge in [-0.25, -0.2) is 9.48 Å². The molecular formula is C27H36Cl4N6O3. The molecule has 2 amide bonds. The van der Waals surface area contributed by atoms with Gasteiger partial charge in [0.15, 0.2) is 0 Å². The number of hydrogen-bond donors (Lipinski definition) is 3. The molecule has 2 heterocycles. The fourth-order valence-electron chi connectivity index (χ4n) is 4.30. The van der Waals surface area contributed by atoms with Crippen LogP contribution in [0, 0.1) is 6.92 Å². The number of para-hydroxylation sites is 1. The van der Waals surface area contributed by atoms with E-state index in [4.69, 9.17) is 32.7 Å². The van der Waals surface area contributed by atoms with Crippen molar-refractivity contribution in [2.75, 3.05) is 63.7 Å². The molecule has 0 unspecified atom stereocenters. The summed E-state index contributed by atoms with van der Waals surface area (Å²) in [5, 5.41) is 14.7. The topological polar surface area (TPSA) is 92.7 Å². The lowest BCUT2D eigenvalue weighted by Gasteiger charge is -2.26. The maximum absolute atomic E-state index is 13.2. The van der Waals surface area contributed by atoms with Crippen molar-refractivity contribution in [3.05, 3.63) is 63.6 Å². The Morgan fingerprint density at radius 3 is 2.45 bits per heavy atom. The van der Waals surface area contributed by atoms with Gasteiger partial charge in [-0.15, -0.1) is 29.9 Å². The van der Waals surface area contributed by atoms with E-state index in [0.29, 0.717) is 47.1 Å². The molecule has 1 aliphatic rings. The molecule has 1 fully saturated rings. The Morgan fingerprint density at radius 2 is 1.75 bits per heavy atom. The number of aryl methyl sites for hydroxylation is 1. The molecule has 3 N–H and O–H groups in total. The normalized spacial score (nSPS) is 13.2. The van der Waals surface area contributed by atoms with Crippen molar-refractivity contribution in [1.82, 2.24) is 20.0 Å². The Bertz CT molecular complexity index is 1220. The zero-order chi connectivity index (χ0) is 26.9. The quantitative estimate of drug-likeness (QED) is 0.230. The van der Waals surface area contributed by atoms with Gasteiger partial charge in [-0.2, -0.15) is 0 Å². The van der Waals surface area contributed by atoms with Crippen molar-refractivity contribution >= 4 is 65.6 Å². The number of hydrogen-bond acceptors (Lipinski definition) is 6. The van der Waals surface area contributed by atoms with E-state index in [9.17, 15) is 4.79 Å². The summed E-state index contributed by atoms with van der Waals surface area (Å²) < 4.78 is 12.9. The standard InChI is InChI=1S/C27H34Cl2N6O3.2ClH/c1-19-25(32-27(36)31-24-18-23(29)22(28)17-20(24)7-6-15-37-2)35(21-8-4-3-5-9-21)33-26(19)38-16-14-34-12-10-30-11-13-34;;/h3-5,8-9,17-18,30H,6-7,10-16H2,1-2H3,(H2,31,32,36);2*1H. The number of anilines is 2. The lowest BCUT2D eigenvalue weighted by molar-refractivity contribution is 0.187. The second kappa shape index (κ2) is 16.9. The summed E-state index contributed by atoms with van der Waals surface area (Å²) in [5.41, 5.74) is 3.00. The highest BCUT2D eigenvalue weighted by Crippen LogP contribution is 2.31. The van der Waals surface area contributed by atoms with Gasteiger partial charge in [-0.1, -0.05) is 41.4 Å². The summed E-state index contributed by atoms with van der Waals surface area (Å²) in [7, 11) is 1.66. The van der Waals surface area contributed by atoms with Crippen LogP contribution in [0.4, 0.5) is 16.3 Å². The third-order valence-corrected chi connectivity index (χ3v) is 7.08. The molecule has 3 aromatic rings. The second-order valence-corrected chi connectivity index (χ2v) is 9.88. The van der Waals surface area contributed by atoms with Gasteiger partial charge < -0.3 is 20.1 Å². The number of carbonyl (C=O) groups excluding carboxylic acids is 1. The first-order chi connectivity index (χ1) is 18.5. The van der Waals surface area contributed by atoms with Crippen LogP contribution in [-0.2, 0) is 11.2 Å². The Hall–Kier alpha value is -2.24. The Morgan fingerprint density at radius 1 is 1.05 bits per heavy atom. The van der Waals surface area contributed by atoms with Crippen LogP contribution in [0.3, 0.4) is 0 Å². The number of aromatic nitrogens is 2. The van der Waals surface area contributed by atoms with E-state index in [0.717, 1.165) is 56.0 Å². The SMILES string of the molecule is COCCCc1cc(Cl)c(Cl)cc1NC(=O)Nc1c(C)c(OCCN2CCNCC2)nn1-c1ccccc1.Cl.Cl. The number of piperazine rings is 1. The summed E-state index contributed by atoms with van der Waals surface area (Å²) in [4.78, 5) is 15.6. The Balaban J connectivity index is 0.00000280. The third-order valence-electron chi connectivity index (χ3n) is 6.36. The highest BCUT2D eigenvalue weighted by molar-refractivity contribution is 6.42. The third kappa shape index (κ3) is 9.14. The molecule has 220 valence electrons. The molecule has 4 rings (SSSR count). The molecule has 2 aromatic carbocycles. The average molecular weight is 634 g/mol. The first-order valence-corrected chi connectivity index (χ1v) is 13.5. The maximum atomic E-state index is 13.2. The Labute approximate surface area is 257 Å². The predicted molar refractivity (Wildman–Crippen MR) is 167 cm³/mol. The molecule has 13 heteroatoms. The molecule has 40 heavy (non-hydrogen) atoms. The van der Waals surface area contributed by atoms with Gasteiger partial charge in [-0.05, 0) is 49.6 Å². The average Bonchev–Trinajstić information content (AvgIpc) is 3.22. The fourth-order valence-corrected chi connectivity index (χ4v) is 4.65. The minimum absolute atomic E-state index is 0. The number of benzene rings is 2. The number of urea groups is 1. The summed E-state index contributed by atoms with van der Waals surface area (Å²) in [5.74, 6) is 1.00. The van der Waals surface area contributed by atoms with Crippen LogP contribution in [-0.4, -0.2) is 73.8 Å². The van der Waals surface area contributed by atoms with E-state index in [1.165, 1.54) is 0 Å². The predicted octanol–water partition coefficient (Wildman–Crippen LogP) is 5.84. The molecule has 0 radical (unpaired) electrons. The molecule has 0 saturated carbocycles. The first kappa shape index (κ1) is 34.0. The zero-order valence-electron chi connectivity index (χ0n) is 22.5. The van der Waals surface area contributed by atoms with E-state index in [-0.39, 0.29) is 24.8 Å². The van der Waals surface area contributed by atoms with Crippen LogP contribution in [0.1, 0.15) is 17.5 Å². The van der Waals surface area contributed by atoms with Gasteiger partial charge in [0.2, 0.25) is 5.88 Å². The number of methoxy groups -OCH3 is 1. The van der Waals surface area contributed by atoms with Gasteiger partial charge >= 0.3 is 6.03 Å². The highest BCUT2D eigenvalue weighted by Gasteiger charge is 2.20. The first-order valence-electron chi connectivity index (χ1n) is 12.7. The lowest BCUT2D eigenvalue weighted by Crippen LogP contribution is -2.44. The van der Waals surface area contributed by atoms with Gasteiger partial charge in [-0.3, -0.25) is 10.2 Å². The fraction of sp³-hybridized carbons (Fsp3) is 0.407. The number of halogens is 4. The van der Waals surface area contributed by atoms with E-state index < -0.39 is 6.03 Å². The van der Waals surface area contributed by atoms with Crippen molar-refractivity contribution in [2.45, 2.75) is 19.8 Å². The maximum Gasteiger partial charge on any atom is 0.324 e. The van der Waals surface area contributed by atoms with Crippen molar-refractivity contribution < 1.29 is 14.3 Å². The molecule has 1 aromatic heterocycles. The molecule has 1 saturated heterocycles. The highest BCUT2D eigenvalue weighted by atomic mass is 35.5. The lowest BCUT2D eigenvalue weighted by atomic mass is 10.1. The molecule has 0 aliphatic carbocycles. The smallest absolute Gasteiger partial charge is 0.324 e. The second-order valence-electron chi connectivity index (χ2n) is 9.07. The van der Waals surface area contributed by atoms with Crippen LogP contribution in [0.5, 0.6) is 5.88 Å². The van der Waals surface area contributed by atoms with E-state index in [2.05, 4.69) is 25.9 Å². The molecular weight excluding hydrogens is 598 g/mol. The zero-order valence-corrected chi connectivity index (χ0v) is 25.7. The summed E-state index contributed by atoms with van der Waals surface area (Å²) in [6.45, 7) is 7.76. The van der Waals surface area contributed by atoms with E-state index in [1.807, 2.05) is 37.3 Å². The molecule has 0 atom stereocenters. The van der Waals surface area contributed by atoms with Crippen molar-refractivity contribution in [3.63, 3.8) is 0 Å². The number of carbonyl (C=O) groups is 1. The van der Waals surface area contributed by atoms with E-state index in [1.54, 1.807) is 23.9 Å². The van der Waals surface area contributed by atoms with Crippen LogP contribution < -0.4 is 20.7 Å². The summed E-state index contributed by atoms with van der Waals surface area (Å²) >= 11 is 12.5. The van der Waals surface area contributed by atoms with Crippen molar-refractivity contribution in [3.8, 4) is 11.6 Å². The molecule has 1 aliphatic heterocycles. The van der Waals surface area contributed by atoms with Gasteiger partial charge in [0, 0.05) is 52.1 Å². The molecule has 0 bridgehead atoms. The van der Waals surface area contributed by atoms with Gasteiger partial charge in [0.05, 0.1) is 21.3 Å². The summed E-state index contributed by atoms with van der Waals surface area (Å²) in [6, 6.07) is 12.6. The number of nitrogens with zero attached hydrogens (tertiary/aromatic N) is 3. The molecule has 9 nitrogen and oxygen atoms in total. The summed E-state index contributed by atoms with van der Waals surface area (Å²) in [6.07, 6.45) is 1.45. The van der Waals surface area contributed by atoms with Crippen LogP contribution >= 0.6 is 48.0 Å². The number of amides is 2. The minimum Gasteiger partial charge on any atom is -0.475 e. The van der Waals surface area contributed by atoms with Crippen LogP contribution in [0.2, 0.25) is 10.0 Å². The Kier molecular flexibility index (Phi) is 14.3. The van der Waals surface area contributed by atoms with Crippen molar-refractivity contribution in [1.29, 1.82) is 0 Å². The van der Waals surface area contributed by atoms with Crippen molar-refractivity contribution in [2.24, 2.45) is 0 Å². The number of ether oxygens (including phenoxy) is 2. The van der Waals surface area contributed by atoms with Crippen LogP contribution in [0.15, 0.2) is 42.5 Å². The minimum atomic E-state index is -0.427. The molecule has 0 spiro atoms. The van der Waals surface area contributed by atoms with Gasteiger partial charge in [0.25, 0.3) is 0 Å².